The molecule has 0 saturated carbocycles. The second kappa shape index (κ2) is 4.92. The maximum absolute atomic E-state index is 5.82. The lowest BCUT2D eigenvalue weighted by molar-refractivity contribution is 0.400. The van der Waals surface area contributed by atoms with Crippen LogP contribution >= 0.6 is 0 Å². The summed E-state index contributed by atoms with van der Waals surface area (Å²) in [6, 6.07) is 0. The van der Waals surface area contributed by atoms with Gasteiger partial charge in [0.1, 0.15) is 0 Å². The maximum Gasteiger partial charge on any atom is 0.187 e. The number of hydrazine groups is 1. The molecule has 0 aliphatic heterocycles. The third-order valence-corrected chi connectivity index (χ3v) is 1.97. The van der Waals surface area contributed by atoms with Crippen LogP contribution in [0.4, 0.5) is 5.82 Å². The van der Waals surface area contributed by atoms with Crippen molar-refractivity contribution in [1.82, 2.24) is 20.3 Å². The van der Waals surface area contributed by atoms with E-state index in [4.69, 9.17) is 5.84 Å². The smallest absolute Gasteiger partial charge is 0.187 e. The fourth-order valence-corrected chi connectivity index (χ4v) is 1.21. The number of nitrogens with zero attached hydrogens (tertiary/aromatic N) is 4. The lowest BCUT2D eigenvalue weighted by Crippen LogP contribution is -2.34. The van der Waals surface area contributed by atoms with Gasteiger partial charge in [0.2, 0.25) is 0 Å². The first kappa shape index (κ1) is 10.9. The van der Waals surface area contributed by atoms with E-state index >= 15 is 0 Å². The molecule has 6 heteroatoms. The summed E-state index contributed by atoms with van der Waals surface area (Å²) in [5.74, 6) is 6.54. The Kier molecular flexibility index (Phi) is 3.84. The fourth-order valence-electron chi connectivity index (χ4n) is 1.21. The molecule has 0 spiro atoms. The second-order valence-electron chi connectivity index (χ2n) is 3.61. The molecular formula is C8H18N6. The predicted molar refractivity (Wildman–Crippen MR) is 55.8 cm³/mol. The van der Waals surface area contributed by atoms with E-state index in [1.54, 1.807) is 5.01 Å². The third kappa shape index (κ3) is 2.97. The van der Waals surface area contributed by atoms with Crippen LogP contribution in [0, 0.1) is 6.92 Å². The molecular weight excluding hydrogens is 180 g/mol. The van der Waals surface area contributed by atoms with Crippen LogP contribution in [0.15, 0.2) is 0 Å². The maximum atomic E-state index is 5.82. The van der Waals surface area contributed by atoms with Gasteiger partial charge in [0.25, 0.3) is 0 Å². The Morgan fingerprint density at radius 1 is 1.36 bits per heavy atom. The molecule has 0 amide bonds. The molecule has 14 heavy (non-hydrogen) atoms. The van der Waals surface area contributed by atoms with Crippen molar-refractivity contribution in [3.8, 4) is 0 Å². The molecule has 1 aromatic rings. The van der Waals surface area contributed by atoms with Crippen molar-refractivity contribution in [2.75, 3.05) is 32.2 Å². The minimum atomic E-state index is 0.726. The van der Waals surface area contributed by atoms with E-state index in [9.17, 15) is 0 Å². The monoisotopic (exact) mass is 198 g/mol. The van der Waals surface area contributed by atoms with Crippen LogP contribution in [-0.4, -0.2) is 47.5 Å². The van der Waals surface area contributed by atoms with Gasteiger partial charge in [0.05, 0.1) is 5.69 Å². The fraction of sp³-hybridized carbons (Fsp3) is 0.750. The summed E-state index contributed by atoms with van der Waals surface area (Å²) in [4.78, 5) is 2.13. The Labute approximate surface area is 84.0 Å². The third-order valence-electron chi connectivity index (χ3n) is 1.97. The zero-order chi connectivity index (χ0) is 10.6. The highest BCUT2D eigenvalue weighted by Crippen LogP contribution is 2.09. The largest absolute Gasteiger partial charge is 0.309 e. The number of hydrogen-bond donors (Lipinski definition) is 2. The van der Waals surface area contributed by atoms with Gasteiger partial charge < -0.3 is 4.90 Å². The minimum Gasteiger partial charge on any atom is -0.309 e. The van der Waals surface area contributed by atoms with Crippen LogP contribution in [0.1, 0.15) is 12.1 Å². The molecule has 0 unspecified atom stereocenters. The first-order valence-electron chi connectivity index (χ1n) is 4.66. The Morgan fingerprint density at radius 3 is 2.57 bits per heavy atom. The Morgan fingerprint density at radius 2 is 2.07 bits per heavy atom. The number of rotatable bonds is 5. The van der Waals surface area contributed by atoms with Crippen molar-refractivity contribution in [3.63, 3.8) is 0 Å². The highest BCUT2D eigenvalue weighted by Gasteiger charge is 2.08. The molecule has 0 saturated heterocycles. The van der Waals surface area contributed by atoms with E-state index in [0.717, 1.165) is 31.0 Å². The molecule has 0 bridgehead atoms. The van der Waals surface area contributed by atoms with E-state index in [0.29, 0.717) is 0 Å². The molecule has 0 aromatic carbocycles. The Hall–Kier alpha value is -1.14. The predicted octanol–water partition coefficient (Wildman–Crippen LogP) is -0.255. The van der Waals surface area contributed by atoms with Crippen molar-refractivity contribution >= 4 is 5.82 Å². The molecule has 1 rings (SSSR count). The summed E-state index contributed by atoms with van der Waals surface area (Å²) in [7, 11) is 4.09. The number of aromatic amines is 1. The van der Waals surface area contributed by atoms with Gasteiger partial charge in [0.15, 0.2) is 5.82 Å². The lowest BCUT2D eigenvalue weighted by Gasteiger charge is -2.17. The summed E-state index contributed by atoms with van der Waals surface area (Å²) in [6.07, 6.45) is 1.01. The van der Waals surface area contributed by atoms with Gasteiger partial charge in [-0.05, 0) is 34.0 Å². The van der Waals surface area contributed by atoms with Crippen LogP contribution in [0.5, 0.6) is 0 Å². The standard InChI is InChI=1S/C8H18N6/c1-7-8(11-12-10-7)14(9)6-4-5-13(2)3/h4-6,9H2,1-3H3,(H,10,11,12). The van der Waals surface area contributed by atoms with E-state index < -0.39 is 0 Å². The average molecular weight is 198 g/mol. The molecule has 1 aromatic heterocycles. The van der Waals surface area contributed by atoms with Gasteiger partial charge in [-0.3, -0.25) is 10.1 Å². The number of H-pyrrole nitrogens is 1. The Balaban J connectivity index is 2.36. The van der Waals surface area contributed by atoms with E-state index in [-0.39, 0.29) is 0 Å². The lowest BCUT2D eigenvalue weighted by atomic mass is 10.4. The van der Waals surface area contributed by atoms with Crippen LogP contribution in [0.3, 0.4) is 0 Å². The molecule has 1 heterocycles. The van der Waals surface area contributed by atoms with E-state index in [1.165, 1.54) is 0 Å². The van der Waals surface area contributed by atoms with Gasteiger partial charge in [-0.2, -0.15) is 0 Å². The number of hydrogen-bond acceptors (Lipinski definition) is 5. The molecule has 0 fully saturated rings. The van der Waals surface area contributed by atoms with Crippen molar-refractivity contribution < 1.29 is 0 Å². The van der Waals surface area contributed by atoms with Crippen molar-refractivity contribution in [1.29, 1.82) is 0 Å². The first-order valence-corrected chi connectivity index (χ1v) is 4.66. The highest BCUT2D eigenvalue weighted by atomic mass is 15.5. The summed E-state index contributed by atoms with van der Waals surface area (Å²) >= 11 is 0. The molecule has 3 N–H and O–H groups in total. The SMILES string of the molecule is Cc1[nH]nnc1N(N)CCCN(C)C. The van der Waals surface area contributed by atoms with Crippen molar-refractivity contribution in [3.05, 3.63) is 5.69 Å². The van der Waals surface area contributed by atoms with Crippen molar-refractivity contribution in [2.24, 2.45) is 5.84 Å². The molecule has 80 valence electrons. The minimum absolute atomic E-state index is 0.726. The zero-order valence-corrected chi connectivity index (χ0v) is 8.99. The van der Waals surface area contributed by atoms with E-state index in [1.807, 2.05) is 21.0 Å². The number of nitrogens with two attached hydrogens (primary N) is 1. The summed E-state index contributed by atoms with van der Waals surface area (Å²) in [5.41, 5.74) is 0.900. The Bertz CT molecular complexity index is 269. The van der Waals surface area contributed by atoms with Crippen LogP contribution < -0.4 is 10.9 Å². The second-order valence-corrected chi connectivity index (χ2v) is 3.61. The highest BCUT2D eigenvalue weighted by molar-refractivity contribution is 5.39. The number of aromatic nitrogens is 3. The normalized spacial score (nSPS) is 10.9. The number of nitrogens with one attached hydrogen (secondary N) is 1. The van der Waals surface area contributed by atoms with E-state index in [2.05, 4.69) is 20.3 Å². The van der Waals surface area contributed by atoms with Gasteiger partial charge in [-0.1, -0.05) is 5.21 Å². The topological polar surface area (TPSA) is 74.1 Å². The number of anilines is 1. The zero-order valence-electron chi connectivity index (χ0n) is 8.99. The average Bonchev–Trinajstić information content (AvgIpc) is 2.50. The molecule has 0 atom stereocenters. The summed E-state index contributed by atoms with van der Waals surface area (Å²) in [6.45, 7) is 3.71. The van der Waals surface area contributed by atoms with Crippen LogP contribution in [0.2, 0.25) is 0 Å². The van der Waals surface area contributed by atoms with Crippen LogP contribution in [0.25, 0.3) is 0 Å². The molecule has 0 aliphatic rings. The molecule has 0 aliphatic carbocycles. The van der Waals surface area contributed by atoms with Crippen LogP contribution in [-0.2, 0) is 0 Å². The first-order chi connectivity index (χ1) is 6.61. The summed E-state index contributed by atoms with van der Waals surface area (Å²) in [5, 5.41) is 12.0. The molecule has 0 radical (unpaired) electrons. The summed E-state index contributed by atoms with van der Waals surface area (Å²) < 4.78 is 0. The quantitative estimate of drug-likeness (QED) is 0.504. The van der Waals surface area contributed by atoms with Crippen molar-refractivity contribution in [2.45, 2.75) is 13.3 Å². The van der Waals surface area contributed by atoms with Gasteiger partial charge in [0, 0.05) is 6.54 Å². The van der Waals surface area contributed by atoms with Gasteiger partial charge in [-0.25, -0.2) is 5.84 Å². The molecule has 6 nitrogen and oxygen atoms in total. The van der Waals surface area contributed by atoms with Gasteiger partial charge in [-0.15, -0.1) is 5.10 Å². The van der Waals surface area contributed by atoms with Gasteiger partial charge >= 0.3 is 0 Å². The number of aryl methyl sites for hydroxylation is 1.